The molecule has 0 radical (unpaired) electrons. The number of halogens is 2. The molecule has 98 valence electrons. The van der Waals surface area contributed by atoms with E-state index in [0.29, 0.717) is 26.6 Å². The summed E-state index contributed by atoms with van der Waals surface area (Å²) in [5, 5.41) is 3.26. The van der Waals surface area contributed by atoms with Crippen molar-refractivity contribution in [3.63, 3.8) is 0 Å². The van der Waals surface area contributed by atoms with E-state index in [1.165, 1.54) is 6.20 Å². The van der Waals surface area contributed by atoms with Crippen molar-refractivity contribution in [2.75, 3.05) is 11.1 Å². The maximum absolute atomic E-state index is 12.0. The minimum atomic E-state index is -0.256. The number of rotatable bonds is 2. The highest BCUT2D eigenvalue weighted by atomic mass is 79.9. The second-order valence-electron chi connectivity index (χ2n) is 4.01. The molecule has 0 spiro atoms. The number of nitrogens with one attached hydrogen (secondary N) is 1. The van der Waals surface area contributed by atoms with Crippen molar-refractivity contribution in [1.29, 1.82) is 0 Å². The Kier molecular flexibility index (Phi) is 4.07. The Morgan fingerprint density at radius 2 is 2.16 bits per heavy atom. The second-order valence-corrected chi connectivity index (χ2v) is 5.27. The number of aromatic nitrogens is 1. The van der Waals surface area contributed by atoms with E-state index in [0.717, 1.165) is 5.56 Å². The summed E-state index contributed by atoms with van der Waals surface area (Å²) in [6.07, 6.45) is 1.52. The first-order valence-electron chi connectivity index (χ1n) is 5.46. The molecule has 0 aliphatic carbocycles. The van der Waals surface area contributed by atoms with Crippen LogP contribution in [0.1, 0.15) is 15.9 Å². The van der Waals surface area contributed by atoms with Gasteiger partial charge in [0.15, 0.2) is 0 Å². The summed E-state index contributed by atoms with van der Waals surface area (Å²) in [5.74, 6) is 0.205. The number of hydrogen-bond donors (Lipinski definition) is 2. The van der Waals surface area contributed by atoms with Crippen molar-refractivity contribution in [3.8, 4) is 0 Å². The molecule has 0 aliphatic heterocycles. The van der Waals surface area contributed by atoms with Crippen molar-refractivity contribution >= 4 is 44.9 Å². The number of nitrogens with two attached hydrogens (primary N) is 1. The normalized spacial score (nSPS) is 10.3. The zero-order valence-electron chi connectivity index (χ0n) is 10.1. The monoisotopic (exact) mass is 339 g/mol. The fraction of sp³-hybridized carbons (Fsp3) is 0.0769. The van der Waals surface area contributed by atoms with Crippen LogP contribution in [0.5, 0.6) is 0 Å². The summed E-state index contributed by atoms with van der Waals surface area (Å²) in [7, 11) is 0. The highest BCUT2D eigenvalue weighted by molar-refractivity contribution is 9.10. The number of pyridine rings is 1. The number of carbonyl (C=O) groups is 1. The van der Waals surface area contributed by atoms with Crippen LogP contribution in [0.2, 0.25) is 5.02 Å². The molecular formula is C13H11BrClN3O. The summed E-state index contributed by atoms with van der Waals surface area (Å²) in [6.45, 7) is 1.85. The van der Waals surface area contributed by atoms with Crippen LogP contribution in [0.3, 0.4) is 0 Å². The molecule has 3 N–H and O–H groups in total. The van der Waals surface area contributed by atoms with Gasteiger partial charge in [-0.3, -0.25) is 4.79 Å². The van der Waals surface area contributed by atoms with Crippen molar-refractivity contribution in [3.05, 3.63) is 51.1 Å². The minimum Gasteiger partial charge on any atom is -0.397 e. The minimum absolute atomic E-state index is 0.256. The van der Waals surface area contributed by atoms with Gasteiger partial charge < -0.3 is 11.1 Å². The molecule has 1 aromatic heterocycles. The lowest BCUT2D eigenvalue weighted by atomic mass is 10.2. The quantitative estimate of drug-likeness (QED) is 0.877. The summed E-state index contributed by atoms with van der Waals surface area (Å²) in [5.41, 5.74) is 7.62. The molecule has 0 fully saturated rings. The molecule has 0 aliphatic rings. The van der Waals surface area contributed by atoms with Gasteiger partial charge in [0, 0.05) is 10.0 Å². The lowest BCUT2D eigenvalue weighted by Crippen LogP contribution is -2.13. The molecule has 1 aromatic carbocycles. The number of amides is 1. The van der Waals surface area contributed by atoms with Gasteiger partial charge in [-0.25, -0.2) is 4.98 Å². The molecule has 0 atom stereocenters. The van der Waals surface area contributed by atoms with E-state index < -0.39 is 0 Å². The number of aryl methyl sites for hydroxylation is 1. The number of anilines is 2. The predicted octanol–water partition coefficient (Wildman–Crippen LogP) is 3.64. The maximum atomic E-state index is 12.0. The molecule has 0 unspecified atom stereocenters. The lowest BCUT2D eigenvalue weighted by molar-refractivity contribution is 0.102. The Morgan fingerprint density at radius 1 is 1.42 bits per heavy atom. The molecule has 0 saturated carbocycles. The maximum Gasteiger partial charge on any atom is 0.256 e. The Labute approximate surface area is 124 Å². The van der Waals surface area contributed by atoms with E-state index in [1.807, 2.05) is 6.92 Å². The van der Waals surface area contributed by atoms with Crippen LogP contribution < -0.4 is 11.1 Å². The zero-order chi connectivity index (χ0) is 14.0. The van der Waals surface area contributed by atoms with Crippen LogP contribution in [0.4, 0.5) is 11.5 Å². The standard InChI is InChI=1S/C13H11BrClN3O/c1-7-4-12(17-6-11(7)16)18-13(19)8-2-3-10(15)9(14)5-8/h2-6H,16H2,1H3,(H,17,18,19). The topological polar surface area (TPSA) is 68.0 Å². The average molecular weight is 341 g/mol. The van der Waals surface area contributed by atoms with Gasteiger partial charge in [0.25, 0.3) is 5.91 Å². The van der Waals surface area contributed by atoms with Crippen molar-refractivity contribution < 1.29 is 4.79 Å². The fourth-order valence-corrected chi connectivity index (χ4v) is 1.96. The van der Waals surface area contributed by atoms with E-state index in [9.17, 15) is 4.79 Å². The number of benzene rings is 1. The average Bonchev–Trinajstić information content (AvgIpc) is 2.37. The third-order valence-corrected chi connectivity index (χ3v) is 3.79. The predicted molar refractivity (Wildman–Crippen MR) is 80.5 cm³/mol. The first kappa shape index (κ1) is 13.8. The highest BCUT2D eigenvalue weighted by Crippen LogP contribution is 2.23. The molecule has 1 heterocycles. The largest absolute Gasteiger partial charge is 0.397 e. The van der Waals surface area contributed by atoms with Crippen LogP contribution in [-0.4, -0.2) is 10.9 Å². The molecule has 0 bridgehead atoms. The molecule has 6 heteroatoms. The Hall–Kier alpha value is -1.59. The smallest absolute Gasteiger partial charge is 0.256 e. The molecule has 19 heavy (non-hydrogen) atoms. The molecule has 2 rings (SSSR count). The summed E-state index contributed by atoms with van der Waals surface area (Å²) >= 11 is 9.16. The van der Waals surface area contributed by atoms with E-state index in [4.69, 9.17) is 17.3 Å². The highest BCUT2D eigenvalue weighted by Gasteiger charge is 2.09. The lowest BCUT2D eigenvalue weighted by Gasteiger charge is -2.07. The first-order chi connectivity index (χ1) is 8.97. The Morgan fingerprint density at radius 3 is 2.79 bits per heavy atom. The van der Waals surface area contributed by atoms with Crippen molar-refractivity contribution in [2.24, 2.45) is 0 Å². The number of hydrogen-bond acceptors (Lipinski definition) is 3. The third-order valence-electron chi connectivity index (χ3n) is 2.57. The first-order valence-corrected chi connectivity index (χ1v) is 6.63. The van der Waals surface area contributed by atoms with Crippen LogP contribution in [0.25, 0.3) is 0 Å². The number of nitrogens with zero attached hydrogens (tertiary/aromatic N) is 1. The van der Waals surface area contributed by atoms with Gasteiger partial charge in [-0.15, -0.1) is 0 Å². The van der Waals surface area contributed by atoms with Gasteiger partial charge in [-0.05, 0) is 52.7 Å². The van der Waals surface area contributed by atoms with Gasteiger partial charge in [0.2, 0.25) is 0 Å². The van der Waals surface area contributed by atoms with Gasteiger partial charge >= 0.3 is 0 Å². The van der Waals surface area contributed by atoms with Crippen LogP contribution >= 0.6 is 27.5 Å². The van der Waals surface area contributed by atoms with Gasteiger partial charge in [-0.2, -0.15) is 0 Å². The fourth-order valence-electron chi connectivity index (χ4n) is 1.46. The third kappa shape index (κ3) is 3.24. The van der Waals surface area contributed by atoms with Crippen LogP contribution in [-0.2, 0) is 0 Å². The summed E-state index contributed by atoms with van der Waals surface area (Å²) < 4.78 is 0.670. The molecular weight excluding hydrogens is 330 g/mol. The zero-order valence-corrected chi connectivity index (χ0v) is 12.4. The Balaban J connectivity index is 2.20. The van der Waals surface area contributed by atoms with Gasteiger partial charge in [-0.1, -0.05) is 11.6 Å². The number of nitrogen functional groups attached to an aromatic ring is 1. The SMILES string of the molecule is Cc1cc(NC(=O)c2ccc(Cl)c(Br)c2)ncc1N. The van der Waals surface area contributed by atoms with E-state index in [2.05, 4.69) is 26.2 Å². The second kappa shape index (κ2) is 5.59. The summed E-state index contributed by atoms with van der Waals surface area (Å²) in [4.78, 5) is 16.1. The number of carbonyl (C=O) groups excluding carboxylic acids is 1. The van der Waals surface area contributed by atoms with Crippen molar-refractivity contribution in [1.82, 2.24) is 4.98 Å². The van der Waals surface area contributed by atoms with Crippen molar-refractivity contribution in [2.45, 2.75) is 6.92 Å². The van der Waals surface area contributed by atoms with E-state index in [1.54, 1.807) is 24.3 Å². The van der Waals surface area contributed by atoms with Gasteiger partial charge in [0.1, 0.15) is 5.82 Å². The molecule has 0 saturated heterocycles. The summed E-state index contributed by atoms with van der Waals surface area (Å²) in [6, 6.07) is 6.68. The molecule has 1 amide bonds. The van der Waals surface area contributed by atoms with Gasteiger partial charge in [0.05, 0.1) is 16.9 Å². The molecule has 4 nitrogen and oxygen atoms in total. The molecule has 2 aromatic rings. The van der Waals surface area contributed by atoms with E-state index >= 15 is 0 Å². The Bertz CT molecular complexity index is 646. The van der Waals surface area contributed by atoms with Crippen LogP contribution in [0, 0.1) is 6.92 Å². The van der Waals surface area contributed by atoms with Crippen LogP contribution in [0.15, 0.2) is 34.9 Å². The van der Waals surface area contributed by atoms with E-state index in [-0.39, 0.29) is 5.91 Å².